The molecule has 4 aromatic carbocycles. The highest BCUT2D eigenvalue weighted by Crippen LogP contribution is 2.36. The van der Waals surface area contributed by atoms with Crippen LogP contribution in [0.5, 0.6) is 5.75 Å². The number of rotatable bonds is 12. The van der Waals surface area contributed by atoms with Gasteiger partial charge in [-0.05, 0) is 61.5 Å². The summed E-state index contributed by atoms with van der Waals surface area (Å²) in [6.07, 6.45) is 1.56. The molecule has 262 valence electrons. The number of nitrogens with one attached hydrogen (secondary N) is 3. The van der Waals surface area contributed by atoms with Gasteiger partial charge >= 0.3 is 5.97 Å². The van der Waals surface area contributed by atoms with Crippen LogP contribution in [0.1, 0.15) is 31.0 Å². The van der Waals surface area contributed by atoms with Gasteiger partial charge in [-0.2, -0.15) is 5.10 Å². The van der Waals surface area contributed by atoms with E-state index >= 15 is 0 Å². The quantitative estimate of drug-likeness (QED) is 0.0427. The number of nitro groups is 1. The summed E-state index contributed by atoms with van der Waals surface area (Å²) in [4.78, 5) is 36.9. The van der Waals surface area contributed by atoms with Gasteiger partial charge in [-0.15, -0.1) is 0 Å². The van der Waals surface area contributed by atoms with Crippen LogP contribution in [0.15, 0.2) is 132 Å². The largest absolute Gasteiger partial charge is 0.483 e. The molecule has 1 aromatic heterocycles. The van der Waals surface area contributed by atoms with Crippen LogP contribution in [0.3, 0.4) is 0 Å². The van der Waals surface area contributed by atoms with Gasteiger partial charge in [0.25, 0.3) is 11.6 Å². The minimum absolute atomic E-state index is 0.0192. The molecule has 2 heterocycles. The molecule has 0 bridgehead atoms. The molecular formula is C39H34N6O6S. The number of amides is 1. The monoisotopic (exact) mass is 714 g/mol. The molecule has 0 radical (unpaired) electrons. The average molecular weight is 715 g/mol. The molecule has 0 saturated heterocycles. The smallest absolute Gasteiger partial charge is 0.338 e. The topological polar surface area (TPSA) is 149 Å². The van der Waals surface area contributed by atoms with Crippen molar-refractivity contribution >= 4 is 41.1 Å². The van der Waals surface area contributed by atoms with Crippen molar-refractivity contribution in [2.75, 3.05) is 13.2 Å². The Morgan fingerprint density at radius 3 is 2.29 bits per heavy atom. The first kappa shape index (κ1) is 35.2. The Morgan fingerprint density at radius 2 is 1.62 bits per heavy atom. The number of carbonyl (C=O) groups excluding carboxylic acids is 2. The van der Waals surface area contributed by atoms with E-state index in [1.807, 2.05) is 71.3 Å². The van der Waals surface area contributed by atoms with Gasteiger partial charge in [0.05, 0.1) is 40.7 Å². The number of non-ortho nitro benzene ring substituents is 1. The van der Waals surface area contributed by atoms with Crippen LogP contribution in [0.2, 0.25) is 0 Å². The second kappa shape index (κ2) is 16.0. The van der Waals surface area contributed by atoms with E-state index in [-0.39, 0.29) is 18.9 Å². The minimum atomic E-state index is -0.667. The first-order valence-electron chi connectivity index (χ1n) is 16.4. The van der Waals surface area contributed by atoms with Crippen LogP contribution in [-0.4, -0.2) is 45.9 Å². The van der Waals surface area contributed by atoms with Gasteiger partial charge in [-0.1, -0.05) is 78.9 Å². The molecule has 6 rings (SSSR count). The summed E-state index contributed by atoms with van der Waals surface area (Å²) in [6, 6.07) is 34.1. The van der Waals surface area contributed by atoms with Crippen molar-refractivity contribution in [2.24, 2.45) is 5.10 Å². The molecule has 0 saturated carbocycles. The van der Waals surface area contributed by atoms with Crippen molar-refractivity contribution < 1.29 is 24.0 Å². The summed E-state index contributed by atoms with van der Waals surface area (Å²) in [5.41, 5.74) is 8.81. The molecule has 52 heavy (non-hydrogen) atoms. The number of allylic oxidation sites excluding steroid dienone is 1. The van der Waals surface area contributed by atoms with E-state index in [4.69, 9.17) is 21.7 Å². The Labute approximate surface area is 304 Å². The first-order chi connectivity index (χ1) is 25.2. The Bertz CT molecular complexity index is 2180. The lowest BCUT2D eigenvalue weighted by molar-refractivity contribution is -0.384. The van der Waals surface area contributed by atoms with Gasteiger partial charge < -0.3 is 24.7 Å². The van der Waals surface area contributed by atoms with E-state index in [1.165, 1.54) is 12.1 Å². The van der Waals surface area contributed by atoms with Crippen LogP contribution < -0.4 is 20.8 Å². The van der Waals surface area contributed by atoms with Crippen LogP contribution in [0.25, 0.3) is 28.2 Å². The van der Waals surface area contributed by atoms with Crippen LogP contribution in [0.4, 0.5) is 5.69 Å². The number of nitrogens with zero attached hydrogens (tertiary/aromatic N) is 3. The summed E-state index contributed by atoms with van der Waals surface area (Å²) in [7, 11) is 0. The standard InChI is InChI=1S/C39H34N6O6S/c1-3-50-38(47)35-25(2)41-39(52)42-36(35)31-16-10-11-17-33(31)51-24-34(46)43-40-23-28-22-32(26-12-6-4-7-13-26)44(37(28)27-14-8-5-9-15-27)29-18-20-30(21-19-29)45(48)49/h4-23,36H,3,24H2,1-2H3,(H,43,46)(H2,41,42,52)/t36-/m0/s1. The number of thiocarbonyl (C=S) groups is 1. The summed E-state index contributed by atoms with van der Waals surface area (Å²) in [6.45, 7) is 3.31. The predicted octanol–water partition coefficient (Wildman–Crippen LogP) is 6.60. The van der Waals surface area contributed by atoms with Gasteiger partial charge in [0.2, 0.25) is 0 Å². The van der Waals surface area contributed by atoms with Gasteiger partial charge in [-0.25, -0.2) is 10.2 Å². The highest BCUT2D eigenvalue weighted by atomic mass is 32.1. The summed E-state index contributed by atoms with van der Waals surface area (Å²) in [5, 5.41) is 22.1. The number of carbonyl (C=O) groups is 2. The molecule has 0 unspecified atom stereocenters. The first-order valence-corrected chi connectivity index (χ1v) is 16.8. The zero-order valence-corrected chi connectivity index (χ0v) is 29.1. The molecule has 1 atom stereocenters. The van der Waals surface area contributed by atoms with Crippen molar-refractivity contribution in [1.29, 1.82) is 0 Å². The second-order valence-corrected chi connectivity index (χ2v) is 12.0. The van der Waals surface area contributed by atoms with Crippen LogP contribution in [-0.2, 0) is 14.3 Å². The third-order valence-electron chi connectivity index (χ3n) is 8.21. The molecule has 1 aliphatic heterocycles. The molecule has 0 spiro atoms. The number of hydrogen-bond donors (Lipinski definition) is 3. The molecule has 1 amide bonds. The van der Waals surface area contributed by atoms with Crippen molar-refractivity contribution in [1.82, 2.24) is 20.6 Å². The molecule has 1 aliphatic rings. The predicted molar refractivity (Wildman–Crippen MR) is 202 cm³/mol. The fourth-order valence-corrected chi connectivity index (χ4v) is 6.21. The Hall–Kier alpha value is -6.60. The fraction of sp³-hybridized carbons (Fsp3) is 0.128. The lowest BCUT2D eigenvalue weighted by Gasteiger charge is -2.30. The molecule has 0 aliphatic carbocycles. The molecule has 0 fully saturated rings. The van der Waals surface area contributed by atoms with Gasteiger partial charge in [0.1, 0.15) is 5.75 Å². The number of aromatic nitrogens is 1. The number of hydrogen-bond acceptors (Lipinski definition) is 8. The average Bonchev–Trinajstić information content (AvgIpc) is 3.54. The van der Waals surface area contributed by atoms with Gasteiger partial charge in [0.15, 0.2) is 11.7 Å². The van der Waals surface area contributed by atoms with E-state index in [2.05, 4.69) is 21.2 Å². The molecule has 5 aromatic rings. The Balaban J connectivity index is 1.27. The number of benzene rings is 4. The van der Waals surface area contributed by atoms with E-state index in [1.54, 1.807) is 56.5 Å². The van der Waals surface area contributed by atoms with E-state index in [0.717, 1.165) is 22.5 Å². The number of hydrazone groups is 1. The van der Waals surface area contributed by atoms with Gasteiger partial charge in [0, 0.05) is 34.6 Å². The molecule has 13 heteroatoms. The zero-order chi connectivity index (χ0) is 36.6. The number of ether oxygens (including phenoxy) is 2. The fourth-order valence-electron chi connectivity index (χ4n) is 5.94. The third-order valence-corrected chi connectivity index (χ3v) is 8.43. The maximum absolute atomic E-state index is 13.1. The highest BCUT2D eigenvalue weighted by molar-refractivity contribution is 7.80. The summed E-state index contributed by atoms with van der Waals surface area (Å²) < 4.78 is 13.3. The van der Waals surface area contributed by atoms with Crippen molar-refractivity contribution in [3.63, 3.8) is 0 Å². The van der Waals surface area contributed by atoms with E-state index in [0.29, 0.717) is 38.9 Å². The summed E-state index contributed by atoms with van der Waals surface area (Å²) in [5.74, 6) is -0.643. The van der Waals surface area contributed by atoms with Crippen molar-refractivity contribution in [2.45, 2.75) is 19.9 Å². The Kier molecular flexibility index (Phi) is 10.8. The minimum Gasteiger partial charge on any atom is -0.483 e. The van der Waals surface area contributed by atoms with Gasteiger partial charge in [-0.3, -0.25) is 14.9 Å². The van der Waals surface area contributed by atoms with Crippen LogP contribution >= 0.6 is 12.2 Å². The molecular weight excluding hydrogens is 681 g/mol. The third kappa shape index (κ3) is 7.74. The summed E-state index contributed by atoms with van der Waals surface area (Å²) >= 11 is 5.37. The number of nitro benzene ring substituents is 1. The number of esters is 1. The van der Waals surface area contributed by atoms with E-state index in [9.17, 15) is 19.7 Å². The SMILES string of the molecule is CCOC(=O)C1=C(C)NC(=S)N[C@H]1c1ccccc1OCC(=O)NN=Cc1cc(-c2ccccc2)n(-c2ccc([N+](=O)[O-])cc2)c1-c1ccccc1. The lowest BCUT2D eigenvalue weighted by atomic mass is 9.95. The maximum atomic E-state index is 13.1. The zero-order valence-electron chi connectivity index (χ0n) is 28.2. The van der Waals surface area contributed by atoms with Crippen molar-refractivity contribution in [3.05, 3.63) is 148 Å². The maximum Gasteiger partial charge on any atom is 0.338 e. The van der Waals surface area contributed by atoms with Crippen LogP contribution in [0, 0.1) is 10.1 Å². The second-order valence-electron chi connectivity index (χ2n) is 11.6. The normalized spacial score (nSPS) is 14.0. The van der Waals surface area contributed by atoms with E-state index < -0.39 is 22.8 Å². The van der Waals surface area contributed by atoms with Crippen molar-refractivity contribution in [3.8, 4) is 34.0 Å². The number of para-hydroxylation sites is 1. The highest BCUT2D eigenvalue weighted by Gasteiger charge is 2.32. The lowest BCUT2D eigenvalue weighted by Crippen LogP contribution is -2.45. The molecule has 12 nitrogen and oxygen atoms in total. The Morgan fingerprint density at radius 1 is 0.962 bits per heavy atom. The molecule has 3 N–H and O–H groups in total.